The Kier molecular flexibility index (Phi) is 7.39. The minimum atomic E-state index is -1.26. The molecule has 2 heterocycles. The van der Waals surface area contributed by atoms with Gasteiger partial charge in [-0.25, -0.2) is 13.2 Å². The number of likely N-dealkylation sites (tertiary alicyclic amines) is 1. The summed E-state index contributed by atoms with van der Waals surface area (Å²) >= 11 is 1.79. The molecule has 0 aliphatic carbocycles. The first-order valence-electron chi connectivity index (χ1n) is 9.74. The van der Waals surface area contributed by atoms with Crippen LogP contribution in [0.2, 0.25) is 0 Å². The van der Waals surface area contributed by atoms with Crippen molar-refractivity contribution in [3.05, 3.63) is 56.9 Å². The molecule has 4 rings (SSSR count). The second kappa shape index (κ2) is 9.51. The molecule has 1 amide bonds. The highest BCUT2D eigenvalue weighted by Gasteiger charge is 2.49. The summed E-state index contributed by atoms with van der Waals surface area (Å²) in [5, 5.41) is 16.6. The number of β-amino-alcohol motifs (C(OH)–C–C–N with tert-alkyl or cyclic N) is 1. The molecule has 2 aromatic carbocycles. The van der Waals surface area contributed by atoms with E-state index in [1.807, 2.05) is 0 Å². The molecule has 0 spiro atoms. The predicted octanol–water partition coefficient (Wildman–Crippen LogP) is 4.20. The number of rotatable bonds is 4. The maximum atomic E-state index is 14.6. The molecule has 2 aromatic rings. The fourth-order valence-electron chi connectivity index (χ4n) is 4.05. The third-order valence-corrected chi connectivity index (χ3v) is 6.55. The predicted molar refractivity (Wildman–Crippen MR) is 123 cm³/mol. The molecular weight excluding hydrogens is 546 g/mol. The van der Waals surface area contributed by atoms with E-state index in [4.69, 9.17) is 0 Å². The number of hydrogen-bond acceptors (Lipinski definition) is 4. The van der Waals surface area contributed by atoms with E-state index in [0.29, 0.717) is 3.57 Å². The van der Waals surface area contributed by atoms with Gasteiger partial charge in [-0.15, -0.1) is 12.4 Å². The van der Waals surface area contributed by atoms with Gasteiger partial charge in [-0.1, -0.05) is 12.5 Å². The summed E-state index contributed by atoms with van der Waals surface area (Å²) in [4.78, 5) is 14.4. The zero-order valence-electron chi connectivity index (χ0n) is 16.4. The number of hydrogen-bond donors (Lipinski definition) is 3. The Balaban J connectivity index is 0.00000272. The second-order valence-electron chi connectivity index (χ2n) is 7.78. The lowest BCUT2D eigenvalue weighted by molar-refractivity contribution is -0.108. The van der Waals surface area contributed by atoms with Crippen molar-refractivity contribution in [2.24, 2.45) is 0 Å². The molecule has 0 unspecified atom stereocenters. The van der Waals surface area contributed by atoms with Crippen molar-refractivity contribution in [3.8, 4) is 0 Å². The molecule has 5 nitrogen and oxygen atoms in total. The Bertz CT molecular complexity index is 983. The standard InChI is InChI=1S/C21H21F3IN3O2.ClH/c22-13-8-7-12(19(17(13)23)27-15-5-3-4-14(25)18(15)24)20(29)28-10-21(30,11-28)16-6-1-2-9-26-16;/h3-5,7-8,16,26-27,30H,1-2,6,9-11H2;1H/t16-;/m1./s1. The van der Waals surface area contributed by atoms with Crippen LogP contribution in [-0.4, -0.2) is 47.2 Å². The van der Waals surface area contributed by atoms with Gasteiger partial charge < -0.3 is 20.6 Å². The van der Waals surface area contributed by atoms with Gasteiger partial charge in [-0.3, -0.25) is 4.79 Å². The van der Waals surface area contributed by atoms with Crippen molar-refractivity contribution < 1.29 is 23.1 Å². The molecule has 2 aliphatic rings. The number of anilines is 2. The second-order valence-corrected chi connectivity index (χ2v) is 8.94. The van der Waals surface area contributed by atoms with Crippen molar-refractivity contribution in [1.82, 2.24) is 10.2 Å². The highest BCUT2D eigenvalue weighted by atomic mass is 127. The number of carbonyl (C=O) groups is 1. The van der Waals surface area contributed by atoms with Crippen LogP contribution in [0, 0.1) is 21.0 Å². The van der Waals surface area contributed by atoms with E-state index in [-0.39, 0.29) is 42.8 Å². The van der Waals surface area contributed by atoms with E-state index in [9.17, 15) is 23.1 Å². The summed E-state index contributed by atoms with van der Waals surface area (Å²) in [5.74, 6) is -3.58. The number of benzene rings is 2. The van der Waals surface area contributed by atoms with Gasteiger partial charge >= 0.3 is 0 Å². The molecule has 0 radical (unpaired) electrons. The van der Waals surface area contributed by atoms with Gasteiger partial charge in [0.2, 0.25) is 0 Å². The number of aliphatic hydroxyl groups is 1. The van der Waals surface area contributed by atoms with E-state index in [0.717, 1.165) is 31.9 Å². The van der Waals surface area contributed by atoms with E-state index in [1.54, 1.807) is 28.7 Å². The van der Waals surface area contributed by atoms with Crippen LogP contribution in [0.3, 0.4) is 0 Å². The maximum Gasteiger partial charge on any atom is 0.256 e. The summed E-state index contributed by atoms with van der Waals surface area (Å²) in [5.41, 5.74) is -1.64. The Morgan fingerprint density at radius 1 is 1.16 bits per heavy atom. The first-order valence-corrected chi connectivity index (χ1v) is 10.8. The highest BCUT2D eigenvalue weighted by Crippen LogP contribution is 2.34. The first kappa shape index (κ1) is 24.1. The van der Waals surface area contributed by atoms with Crippen molar-refractivity contribution in [2.75, 3.05) is 25.0 Å². The fraction of sp³-hybridized carbons (Fsp3) is 0.381. The van der Waals surface area contributed by atoms with Crippen molar-refractivity contribution in [1.29, 1.82) is 0 Å². The van der Waals surface area contributed by atoms with Crippen LogP contribution in [-0.2, 0) is 0 Å². The Morgan fingerprint density at radius 3 is 2.58 bits per heavy atom. The van der Waals surface area contributed by atoms with Crippen LogP contribution >= 0.6 is 35.0 Å². The van der Waals surface area contributed by atoms with Crippen LogP contribution in [0.4, 0.5) is 24.5 Å². The van der Waals surface area contributed by atoms with Crippen molar-refractivity contribution in [2.45, 2.75) is 30.9 Å². The average molecular weight is 568 g/mol. The van der Waals surface area contributed by atoms with Gasteiger partial charge in [0.1, 0.15) is 5.60 Å². The van der Waals surface area contributed by atoms with Gasteiger partial charge in [0.25, 0.3) is 5.91 Å². The summed E-state index contributed by atoms with van der Waals surface area (Å²) < 4.78 is 43.1. The van der Waals surface area contributed by atoms with Crippen LogP contribution in [0.15, 0.2) is 30.3 Å². The smallest absolute Gasteiger partial charge is 0.256 e. The largest absolute Gasteiger partial charge is 0.385 e. The van der Waals surface area contributed by atoms with Crippen molar-refractivity contribution >= 4 is 52.3 Å². The molecule has 1 atom stereocenters. The van der Waals surface area contributed by atoms with E-state index < -0.39 is 34.6 Å². The van der Waals surface area contributed by atoms with E-state index in [1.165, 1.54) is 23.1 Å². The summed E-state index contributed by atoms with van der Waals surface area (Å²) in [6, 6.07) is 6.43. The zero-order valence-corrected chi connectivity index (χ0v) is 19.4. The Labute approximate surface area is 197 Å². The average Bonchev–Trinajstić information content (AvgIpc) is 2.72. The number of nitrogens with one attached hydrogen (secondary N) is 2. The van der Waals surface area contributed by atoms with Gasteiger partial charge in [-0.2, -0.15) is 0 Å². The summed E-state index contributed by atoms with van der Waals surface area (Å²) in [7, 11) is 0. The van der Waals surface area contributed by atoms with Crippen LogP contribution in [0.25, 0.3) is 0 Å². The third-order valence-electron chi connectivity index (χ3n) is 5.71. The third kappa shape index (κ3) is 4.64. The van der Waals surface area contributed by atoms with Crippen LogP contribution in [0.5, 0.6) is 0 Å². The number of amides is 1. The molecule has 2 fully saturated rings. The SMILES string of the molecule is Cl.O=C(c1ccc(F)c(F)c1Nc1cccc(I)c1F)N1CC(O)([C@H]2CCCCN2)C1. The molecule has 0 saturated carbocycles. The van der Waals surface area contributed by atoms with Crippen LogP contribution < -0.4 is 10.6 Å². The summed E-state index contributed by atoms with van der Waals surface area (Å²) in [6.07, 6.45) is 2.88. The number of carbonyl (C=O) groups excluding carboxylic acids is 1. The maximum absolute atomic E-state index is 14.6. The van der Waals surface area contributed by atoms with Gasteiger partial charge in [0.15, 0.2) is 17.5 Å². The molecule has 0 aromatic heterocycles. The van der Waals surface area contributed by atoms with E-state index in [2.05, 4.69) is 10.6 Å². The molecule has 2 saturated heterocycles. The molecule has 3 N–H and O–H groups in total. The molecule has 10 heteroatoms. The summed E-state index contributed by atoms with van der Waals surface area (Å²) in [6.45, 7) is 1.01. The minimum Gasteiger partial charge on any atom is -0.385 e. The number of piperidine rings is 1. The minimum absolute atomic E-state index is 0. The van der Waals surface area contributed by atoms with Crippen LogP contribution in [0.1, 0.15) is 29.6 Å². The first-order chi connectivity index (χ1) is 14.3. The molecule has 0 bridgehead atoms. The molecule has 31 heavy (non-hydrogen) atoms. The highest BCUT2D eigenvalue weighted by molar-refractivity contribution is 14.1. The molecule has 2 aliphatic heterocycles. The fourth-order valence-corrected chi connectivity index (χ4v) is 4.54. The van der Waals surface area contributed by atoms with Crippen molar-refractivity contribution in [3.63, 3.8) is 0 Å². The topological polar surface area (TPSA) is 64.6 Å². The van der Waals surface area contributed by atoms with Gasteiger partial charge in [-0.05, 0) is 66.2 Å². The number of halogens is 5. The Morgan fingerprint density at radius 2 is 1.90 bits per heavy atom. The molecular formula is C21H22ClF3IN3O2. The quantitative estimate of drug-likeness (QED) is 0.485. The number of nitrogens with zero attached hydrogens (tertiary/aromatic N) is 1. The Hall–Kier alpha value is -1.56. The lowest BCUT2D eigenvalue weighted by atomic mass is 9.81. The monoisotopic (exact) mass is 567 g/mol. The molecule has 168 valence electrons. The zero-order chi connectivity index (χ0) is 21.5. The van der Waals surface area contributed by atoms with Gasteiger partial charge in [0.05, 0.1) is 33.6 Å². The van der Waals surface area contributed by atoms with Gasteiger partial charge in [0, 0.05) is 6.04 Å². The lowest BCUT2D eigenvalue weighted by Crippen LogP contribution is -2.72. The normalized spacial score (nSPS) is 19.9. The lowest BCUT2D eigenvalue weighted by Gasteiger charge is -2.51. The van der Waals surface area contributed by atoms with E-state index >= 15 is 0 Å².